The highest BCUT2D eigenvalue weighted by molar-refractivity contribution is 8.00. The molecule has 0 aromatic carbocycles. The van der Waals surface area contributed by atoms with Crippen LogP contribution >= 0.6 is 23.1 Å². The number of thiophene rings is 1. The number of amides is 1. The van der Waals surface area contributed by atoms with Gasteiger partial charge in [-0.3, -0.25) is 14.2 Å². The zero-order chi connectivity index (χ0) is 19.8. The number of hydrogen-bond donors (Lipinski definition) is 1. The number of carbonyl (C=O) groups excluding carboxylic acids is 1. The second-order valence-electron chi connectivity index (χ2n) is 8.47. The molecule has 1 fully saturated rings. The molecule has 0 bridgehead atoms. The zero-order valence-electron chi connectivity index (χ0n) is 16.9. The molecule has 5 nitrogen and oxygen atoms in total. The van der Waals surface area contributed by atoms with Crippen LogP contribution in [-0.4, -0.2) is 26.8 Å². The van der Waals surface area contributed by atoms with E-state index in [1.54, 1.807) is 11.3 Å². The Kier molecular flexibility index (Phi) is 5.83. The van der Waals surface area contributed by atoms with Gasteiger partial charge >= 0.3 is 0 Å². The Bertz CT molecular complexity index is 943. The van der Waals surface area contributed by atoms with Gasteiger partial charge in [0.25, 0.3) is 5.56 Å². The van der Waals surface area contributed by atoms with Crippen LogP contribution in [0.15, 0.2) is 9.95 Å². The van der Waals surface area contributed by atoms with Crippen molar-refractivity contribution in [3.63, 3.8) is 0 Å². The van der Waals surface area contributed by atoms with Crippen molar-refractivity contribution >= 4 is 39.2 Å². The van der Waals surface area contributed by atoms with Crippen LogP contribution in [0.2, 0.25) is 0 Å². The van der Waals surface area contributed by atoms with Crippen LogP contribution in [-0.2, 0) is 24.2 Å². The Morgan fingerprint density at radius 3 is 2.75 bits per heavy atom. The lowest BCUT2D eigenvalue weighted by Gasteiger charge is -2.17. The van der Waals surface area contributed by atoms with E-state index in [0.717, 1.165) is 48.7 Å². The predicted molar refractivity (Wildman–Crippen MR) is 116 cm³/mol. The van der Waals surface area contributed by atoms with Gasteiger partial charge in [0.1, 0.15) is 4.83 Å². The lowest BCUT2D eigenvalue weighted by atomic mass is 9.97. The summed E-state index contributed by atoms with van der Waals surface area (Å²) in [4.78, 5) is 33.0. The quantitative estimate of drug-likeness (QED) is 0.541. The number of hydrogen-bond acceptors (Lipinski definition) is 5. The highest BCUT2D eigenvalue weighted by Gasteiger charge is 2.28. The van der Waals surface area contributed by atoms with Crippen LogP contribution in [0, 0.1) is 5.92 Å². The molecule has 1 saturated carbocycles. The first-order chi connectivity index (χ1) is 13.4. The van der Waals surface area contributed by atoms with Gasteiger partial charge in [-0.05, 0) is 63.4 Å². The summed E-state index contributed by atoms with van der Waals surface area (Å²) in [6.45, 7) is 6.90. The third-order valence-corrected chi connectivity index (χ3v) is 7.82. The summed E-state index contributed by atoms with van der Waals surface area (Å²) in [6.07, 6.45) is 7.48. The Balaban J connectivity index is 1.71. The highest BCUT2D eigenvalue weighted by Crippen LogP contribution is 2.35. The maximum atomic E-state index is 13.4. The van der Waals surface area contributed by atoms with Crippen molar-refractivity contribution in [3.8, 4) is 0 Å². The monoisotopic (exact) mass is 419 g/mol. The van der Waals surface area contributed by atoms with Crippen LogP contribution in [0.5, 0.6) is 0 Å². The number of nitrogens with one attached hydrogen (secondary N) is 1. The van der Waals surface area contributed by atoms with Gasteiger partial charge in [0.05, 0.1) is 10.6 Å². The van der Waals surface area contributed by atoms with Crippen molar-refractivity contribution in [1.29, 1.82) is 0 Å². The van der Waals surface area contributed by atoms with Crippen molar-refractivity contribution in [2.45, 2.75) is 88.7 Å². The van der Waals surface area contributed by atoms with E-state index in [-0.39, 0.29) is 16.7 Å². The molecule has 0 saturated heterocycles. The molecular formula is C21H29N3O2S2. The molecular weight excluding hydrogens is 390 g/mol. The van der Waals surface area contributed by atoms with Gasteiger partial charge in [0.2, 0.25) is 5.91 Å². The lowest BCUT2D eigenvalue weighted by molar-refractivity contribution is -0.120. The van der Waals surface area contributed by atoms with Crippen LogP contribution in [0.4, 0.5) is 0 Å². The Hall–Kier alpha value is -1.34. The van der Waals surface area contributed by atoms with E-state index in [0.29, 0.717) is 23.7 Å². The molecule has 1 atom stereocenters. The van der Waals surface area contributed by atoms with Gasteiger partial charge in [0, 0.05) is 17.5 Å². The first-order valence-corrected chi connectivity index (χ1v) is 12.2. The SMILES string of the molecule is CC(C)CCn1c(SC(C)C(=O)NC2CC2)nc2sc3c(c2c1=O)CCCC3. The number of nitrogens with zero attached hydrogens (tertiary/aromatic N) is 2. The summed E-state index contributed by atoms with van der Waals surface area (Å²) in [5, 5.41) is 4.33. The fraction of sp³-hybridized carbons (Fsp3) is 0.667. The number of aromatic nitrogens is 2. The van der Waals surface area contributed by atoms with E-state index < -0.39 is 0 Å². The first kappa shape index (κ1) is 20.0. The minimum Gasteiger partial charge on any atom is -0.352 e. The smallest absolute Gasteiger partial charge is 0.263 e. The van der Waals surface area contributed by atoms with E-state index >= 15 is 0 Å². The Labute approximate surface area is 174 Å². The predicted octanol–water partition coefficient (Wildman–Crippen LogP) is 4.14. The second kappa shape index (κ2) is 8.19. The Morgan fingerprint density at radius 2 is 2.04 bits per heavy atom. The molecule has 1 N–H and O–H groups in total. The molecule has 0 radical (unpaired) electrons. The molecule has 2 aromatic heterocycles. The second-order valence-corrected chi connectivity index (χ2v) is 10.9. The summed E-state index contributed by atoms with van der Waals surface area (Å²) in [5.74, 6) is 0.551. The van der Waals surface area contributed by atoms with Crippen molar-refractivity contribution < 1.29 is 4.79 Å². The first-order valence-electron chi connectivity index (χ1n) is 10.5. The Morgan fingerprint density at radius 1 is 1.29 bits per heavy atom. The summed E-state index contributed by atoms with van der Waals surface area (Å²) >= 11 is 3.10. The van der Waals surface area contributed by atoms with E-state index in [9.17, 15) is 9.59 Å². The minimum atomic E-state index is -0.259. The van der Waals surface area contributed by atoms with Crippen LogP contribution in [0.3, 0.4) is 0 Å². The van der Waals surface area contributed by atoms with Crippen molar-refractivity contribution in [3.05, 3.63) is 20.8 Å². The number of carbonyl (C=O) groups is 1. The number of aryl methyl sites for hydroxylation is 2. The lowest BCUT2D eigenvalue weighted by Crippen LogP contribution is -2.33. The van der Waals surface area contributed by atoms with E-state index in [1.807, 2.05) is 11.5 Å². The van der Waals surface area contributed by atoms with E-state index in [4.69, 9.17) is 4.98 Å². The third kappa shape index (κ3) is 4.15. The average Bonchev–Trinajstić information content (AvgIpc) is 3.38. The number of rotatable bonds is 7. The molecule has 28 heavy (non-hydrogen) atoms. The summed E-state index contributed by atoms with van der Waals surface area (Å²) < 4.78 is 1.83. The molecule has 2 aliphatic carbocycles. The standard InChI is InChI=1S/C21H29N3O2S2/c1-12(2)10-11-24-20(26)17-15-6-4-5-7-16(15)28-19(17)23-21(24)27-13(3)18(25)22-14-8-9-14/h12-14H,4-11H2,1-3H3,(H,22,25). The van der Waals surface area contributed by atoms with Gasteiger partial charge in [-0.25, -0.2) is 4.98 Å². The minimum absolute atomic E-state index is 0.0442. The summed E-state index contributed by atoms with van der Waals surface area (Å²) in [6, 6.07) is 0.346. The molecule has 1 unspecified atom stereocenters. The van der Waals surface area contributed by atoms with Crippen LogP contribution in [0.25, 0.3) is 10.2 Å². The summed E-state index contributed by atoms with van der Waals surface area (Å²) in [7, 11) is 0. The fourth-order valence-electron chi connectivity index (χ4n) is 3.65. The van der Waals surface area contributed by atoms with Gasteiger partial charge < -0.3 is 5.32 Å². The maximum absolute atomic E-state index is 13.4. The van der Waals surface area contributed by atoms with Crippen molar-refractivity contribution in [2.75, 3.05) is 0 Å². The number of thioether (sulfide) groups is 1. The molecule has 0 aliphatic heterocycles. The molecule has 2 aromatic rings. The normalized spacial score (nSPS) is 17.7. The number of fused-ring (bicyclic) bond motifs is 3. The molecule has 2 heterocycles. The average molecular weight is 420 g/mol. The fourth-order valence-corrected chi connectivity index (χ4v) is 5.90. The third-order valence-electron chi connectivity index (χ3n) is 5.55. The molecule has 152 valence electrons. The molecule has 1 amide bonds. The van der Waals surface area contributed by atoms with Gasteiger partial charge in [-0.1, -0.05) is 25.6 Å². The molecule has 2 aliphatic rings. The summed E-state index contributed by atoms with van der Waals surface area (Å²) in [5.41, 5.74) is 1.32. The van der Waals surface area contributed by atoms with Gasteiger partial charge in [0.15, 0.2) is 5.16 Å². The van der Waals surface area contributed by atoms with Gasteiger partial charge in [-0.2, -0.15) is 0 Å². The van der Waals surface area contributed by atoms with Crippen molar-refractivity contribution in [2.24, 2.45) is 5.92 Å². The molecule has 4 rings (SSSR count). The highest BCUT2D eigenvalue weighted by atomic mass is 32.2. The van der Waals surface area contributed by atoms with Crippen LogP contribution < -0.4 is 10.9 Å². The van der Waals surface area contributed by atoms with Crippen molar-refractivity contribution in [1.82, 2.24) is 14.9 Å². The maximum Gasteiger partial charge on any atom is 0.263 e. The van der Waals surface area contributed by atoms with Crippen LogP contribution in [0.1, 0.15) is 63.3 Å². The van der Waals surface area contributed by atoms with Gasteiger partial charge in [-0.15, -0.1) is 11.3 Å². The zero-order valence-corrected chi connectivity index (χ0v) is 18.5. The van der Waals surface area contributed by atoms with E-state index in [1.165, 1.54) is 28.6 Å². The largest absolute Gasteiger partial charge is 0.352 e. The molecule has 7 heteroatoms. The molecule has 0 spiro atoms. The topological polar surface area (TPSA) is 64.0 Å². The van der Waals surface area contributed by atoms with E-state index in [2.05, 4.69) is 19.2 Å².